The van der Waals surface area contributed by atoms with Gasteiger partial charge in [0.2, 0.25) is 0 Å². The zero-order valence-electron chi connectivity index (χ0n) is 14.7. The Labute approximate surface area is 131 Å². The molecule has 110 valence electrons. The van der Waals surface area contributed by atoms with E-state index in [0.29, 0.717) is 0 Å². The number of hydrogen-bond donors (Lipinski definition) is 3. The van der Waals surface area contributed by atoms with Crippen molar-refractivity contribution in [2.24, 2.45) is 0 Å². The minimum absolute atomic E-state index is 0.965. The Morgan fingerprint density at radius 3 is 2.45 bits per heavy atom. The smallest absolute Gasteiger partial charge is 0.269 e. The monoisotopic (exact) mass is 327 g/mol. The average molecular weight is 328 g/mol. The number of halogens is 2. The Bertz CT molecular complexity index is 690. The van der Waals surface area contributed by atoms with Gasteiger partial charge in [0.25, 0.3) is 11.6 Å². The van der Waals surface area contributed by atoms with Crippen LogP contribution in [0.5, 0.6) is 0 Å². The van der Waals surface area contributed by atoms with Gasteiger partial charge in [0.1, 0.15) is 6.08 Å². The second-order valence-electron chi connectivity index (χ2n) is 3.41. The van der Waals surface area contributed by atoms with Crippen molar-refractivity contribution in [1.29, 1.82) is 0 Å². The van der Waals surface area contributed by atoms with E-state index in [1.54, 1.807) is 0 Å². The van der Waals surface area contributed by atoms with Crippen LogP contribution in [-0.4, -0.2) is 38.5 Å². The maximum absolute atomic E-state index is 11.5. The highest BCUT2D eigenvalue weighted by molar-refractivity contribution is 6.53. The first-order valence-electron chi connectivity index (χ1n) is 7.54. The average Bonchev–Trinajstić information content (AvgIpc) is 2.49. The van der Waals surface area contributed by atoms with Crippen LogP contribution in [0.15, 0.2) is 24.2 Å². The van der Waals surface area contributed by atoms with Crippen molar-refractivity contribution in [3.05, 3.63) is 39.8 Å². The predicted octanol–water partition coefficient (Wildman–Crippen LogP) is 0.909. The van der Waals surface area contributed by atoms with E-state index in [9.17, 15) is 25.1 Å². The number of carbonyl (C=O) groups excluding carboxylic acids is 1. The first kappa shape index (κ1) is 10.3. The van der Waals surface area contributed by atoms with Crippen LogP contribution in [0, 0.1) is 10.1 Å². The number of carbonyl (C=O) groups is 1. The highest BCUT2D eigenvalue weighted by Crippen LogP contribution is 2.20. The van der Waals surface area contributed by atoms with E-state index in [4.69, 9.17) is 30.1 Å². The Balaban J connectivity index is 3.57. The second-order valence-corrected chi connectivity index (χ2v) is 4.51. The molecule has 1 aromatic carbocycles. The van der Waals surface area contributed by atoms with Crippen LogP contribution in [0.2, 0.25) is 0 Å². The molecule has 1 amide bonds. The van der Waals surface area contributed by atoms with E-state index >= 15 is 0 Å². The minimum atomic E-state index is -3.07. The number of nitrogens with zero attached hydrogens (tertiary/aromatic N) is 1. The Morgan fingerprint density at radius 1 is 1.50 bits per heavy atom. The van der Waals surface area contributed by atoms with Gasteiger partial charge in [0.05, 0.1) is 24.4 Å². The molecule has 2 atom stereocenters. The molecular formula is C11H12Cl2N2O5. The van der Waals surface area contributed by atoms with Crippen LogP contribution in [0.25, 0.3) is 0 Å². The number of alkyl halides is 2. The van der Waals surface area contributed by atoms with Crippen molar-refractivity contribution in [3.8, 4) is 0 Å². The van der Waals surface area contributed by atoms with E-state index in [-0.39, 0.29) is 0 Å². The predicted molar refractivity (Wildman–Crippen MR) is 72.6 cm³/mol. The van der Waals surface area contributed by atoms with Crippen LogP contribution in [-0.2, 0) is 4.79 Å². The molecule has 1 unspecified atom stereocenters. The lowest BCUT2D eigenvalue weighted by Crippen LogP contribution is -2.44. The van der Waals surface area contributed by atoms with Crippen LogP contribution in [0.3, 0.4) is 0 Å². The molecule has 0 heterocycles. The molecular weight excluding hydrogens is 311 g/mol. The lowest BCUT2D eigenvalue weighted by Gasteiger charge is -2.22. The van der Waals surface area contributed by atoms with E-state index in [1.807, 2.05) is 5.32 Å². The first-order chi connectivity index (χ1) is 11.4. The normalized spacial score (nSPS) is 18.9. The fourth-order valence-electron chi connectivity index (χ4n) is 1.13. The van der Waals surface area contributed by atoms with Gasteiger partial charge >= 0.3 is 0 Å². The van der Waals surface area contributed by atoms with Crippen molar-refractivity contribution in [1.82, 2.24) is 5.32 Å². The Hall–Kier alpha value is -1.41. The number of nitro groups is 1. The second kappa shape index (κ2) is 7.39. The summed E-state index contributed by atoms with van der Waals surface area (Å²) >= 11 is 10.6. The summed E-state index contributed by atoms with van der Waals surface area (Å²) in [7, 11) is 0. The summed E-state index contributed by atoms with van der Waals surface area (Å²) in [6, 6.07) is -6.16. The number of benzene rings is 1. The summed E-state index contributed by atoms with van der Waals surface area (Å²) in [5.74, 6) is -1.09. The van der Waals surface area contributed by atoms with Crippen LogP contribution < -0.4 is 5.32 Å². The number of aliphatic hydroxyl groups is 2. The van der Waals surface area contributed by atoms with Crippen LogP contribution >= 0.6 is 23.2 Å². The topological polar surface area (TPSA) is 113 Å². The Kier molecular flexibility index (Phi) is 3.82. The van der Waals surface area contributed by atoms with Gasteiger partial charge in [0, 0.05) is 12.1 Å². The summed E-state index contributed by atoms with van der Waals surface area (Å²) in [5.41, 5.74) is -2.10. The molecule has 1 rings (SSSR count). The molecule has 0 fully saturated rings. The molecule has 0 aromatic heterocycles. The summed E-state index contributed by atoms with van der Waals surface area (Å²) in [5, 5.41) is 32.5. The number of nitro benzene ring substituents is 1. The van der Waals surface area contributed by atoms with E-state index in [1.165, 1.54) is 0 Å². The molecule has 0 radical (unpaired) electrons. The molecule has 0 saturated heterocycles. The molecule has 9 heteroatoms. The number of hydrogen-bond acceptors (Lipinski definition) is 5. The van der Waals surface area contributed by atoms with E-state index < -0.39 is 69.8 Å². The van der Waals surface area contributed by atoms with Crippen molar-refractivity contribution in [2.45, 2.75) is 17.0 Å². The van der Waals surface area contributed by atoms with Crippen molar-refractivity contribution in [2.75, 3.05) is 6.61 Å². The van der Waals surface area contributed by atoms with E-state index in [2.05, 4.69) is 0 Å². The SMILES string of the molecule is [2H]c1c([2H])c([C@@]([2H])(O)C(CO)NC(=O)C(Cl)Cl)c([2H])c([2H])c1[N+](=O)[O-]. The molecule has 0 aliphatic rings. The number of amides is 1. The molecule has 20 heavy (non-hydrogen) atoms. The number of rotatable bonds is 6. The number of nitrogens with one attached hydrogen (secondary N) is 1. The van der Waals surface area contributed by atoms with Crippen LogP contribution in [0.1, 0.15) is 18.5 Å². The van der Waals surface area contributed by atoms with Gasteiger partial charge in [-0.15, -0.1) is 0 Å². The number of aliphatic hydroxyl groups excluding tert-OH is 1. The van der Waals surface area contributed by atoms with Crippen LogP contribution in [0.4, 0.5) is 5.69 Å². The van der Waals surface area contributed by atoms with Gasteiger partial charge in [-0.05, 0) is 17.6 Å². The largest absolute Gasteiger partial charge is 0.394 e. The van der Waals surface area contributed by atoms with Gasteiger partial charge in [-0.1, -0.05) is 23.2 Å². The lowest BCUT2D eigenvalue weighted by molar-refractivity contribution is -0.384. The first-order valence-corrected chi connectivity index (χ1v) is 5.92. The Morgan fingerprint density at radius 2 is 2.05 bits per heavy atom. The molecule has 0 bridgehead atoms. The summed E-state index contributed by atoms with van der Waals surface area (Å²) in [6.45, 7) is -1.05. The quantitative estimate of drug-likeness (QED) is 0.408. The molecule has 0 saturated carbocycles. The molecule has 0 spiro atoms. The van der Waals surface area contributed by atoms with Crippen molar-refractivity contribution in [3.63, 3.8) is 0 Å². The third-order valence-electron chi connectivity index (χ3n) is 2.08. The summed E-state index contributed by atoms with van der Waals surface area (Å²) in [6.07, 6.45) is -3.07. The maximum atomic E-state index is 11.5. The van der Waals surface area contributed by atoms with Gasteiger partial charge < -0.3 is 15.5 Å². The van der Waals surface area contributed by atoms with E-state index in [0.717, 1.165) is 0 Å². The zero-order chi connectivity index (χ0) is 19.7. The standard InChI is InChI=1S/C11H12Cl2N2O5/c12-10(13)11(18)14-8(5-16)9(17)6-1-3-7(4-2-6)15(19)20/h1-4,8-10,16-17H,5H2,(H,14,18)/t8?,9-/m1/s1/i1D,2D,3D,4D,9D. The summed E-state index contributed by atoms with van der Waals surface area (Å²) < 4.78 is 38.5. The fourth-order valence-corrected chi connectivity index (χ4v) is 1.26. The molecule has 0 aliphatic carbocycles. The van der Waals surface area contributed by atoms with Gasteiger partial charge in [-0.3, -0.25) is 14.9 Å². The lowest BCUT2D eigenvalue weighted by atomic mass is 10.0. The third kappa shape index (κ3) is 4.31. The third-order valence-corrected chi connectivity index (χ3v) is 2.47. The molecule has 7 nitrogen and oxygen atoms in total. The highest BCUT2D eigenvalue weighted by atomic mass is 35.5. The molecule has 3 N–H and O–H groups in total. The minimum Gasteiger partial charge on any atom is -0.394 e. The highest BCUT2D eigenvalue weighted by Gasteiger charge is 2.24. The van der Waals surface area contributed by atoms with Gasteiger partial charge in [-0.25, -0.2) is 0 Å². The van der Waals surface area contributed by atoms with Crippen molar-refractivity contribution < 1.29 is 26.8 Å². The fraction of sp³-hybridized carbons (Fsp3) is 0.364. The van der Waals surface area contributed by atoms with Crippen molar-refractivity contribution >= 4 is 34.8 Å². The van der Waals surface area contributed by atoms with Gasteiger partial charge in [0.15, 0.2) is 4.84 Å². The molecule has 0 aliphatic heterocycles. The summed E-state index contributed by atoms with van der Waals surface area (Å²) in [4.78, 5) is 19.6. The zero-order valence-corrected chi connectivity index (χ0v) is 11.2. The molecule has 1 aromatic rings. The maximum Gasteiger partial charge on any atom is 0.269 e. The van der Waals surface area contributed by atoms with Gasteiger partial charge in [-0.2, -0.15) is 0 Å².